The lowest BCUT2D eigenvalue weighted by Gasteiger charge is -2.42. The molecule has 0 unspecified atom stereocenters. The summed E-state index contributed by atoms with van der Waals surface area (Å²) in [6, 6.07) is 6.93. The Labute approximate surface area is 172 Å². The quantitative estimate of drug-likeness (QED) is 0.778. The maximum atomic E-state index is 13.3. The van der Waals surface area contributed by atoms with Gasteiger partial charge in [0, 0.05) is 38.4 Å². The first kappa shape index (κ1) is 20.7. The molecule has 0 spiro atoms. The van der Waals surface area contributed by atoms with Crippen molar-refractivity contribution in [3.63, 3.8) is 0 Å². The van der Waals surface area contributed by atoms with Crippen LogP contribution in [0.15, 0.2) is 24.3 Å². The lowest BCUT2D eigenvalue weighted by molar-refractivity contribution is -0.126. The molecule has 7 heteroatoms. The van der Waals surface area contributed by atoms with E-state index in [1.165, 1.54) is 12.1 Å². The molecule has 1 aromatic carbocycles. The summed E-state index contributed by atoms with van der Waals surface area (Å²) in [4.78, 5) is 17.6. The molecule has 0 aliphatic carbocycles. The third-order valence-electron chi connectivity index (χ3n) is 6.65. The van der Waals surface area contributed by atoms with Gasteiger partial charge in [-0.05, 0) is 62.9 Å². The number of nitrogens with zero attached hydrogens (tertiary/aromatic N) is 2. The van der Waals surface area contributed by atoms with E-state index in [1.54, 1.807) is 12.1 Å². The predicted octanol–water partition coefficient (Wildman–Crippen LogP) is 1.52. The van der Waals surface area contributed by atoms with Gasteiger partial charge in [0.1, 0.15) is 5.82 Å². The summed E-state index contributed by atoms with van der Waals surface area (Å²) in [7, 11) is 0. The monoisotopic (exact) mass is 405 g/mol. The van der Waals surface area contributed by atoms with E-state index < -0.39 is 6.10 Å². The Morgan fingerprint density at radius 3 is 2.66 bits per heavy atom. The minimum atomic E-state index is -0.464. The number of ether oxygens (including phenoxy) is 1. The van der Waals surface area contributed by atoms with Gasteiger partial charge in [0.2, 0.25) is 5.91 Å². The second kappa shape index (κ2) is 9.51. The molecule has 4 rings (SSSR count). The fourth-order valence-corrected chi connectivity index (χ4v) is 5.09. The Balaban J connectivity index is 1.31. The number of aliphatic hydroxyl groups excluding tert-OH is 1. The van der Waals surface area contributed by atoms with Gasteiger partial charge in [-0.3, -0.25) is 9.69 Å². The van der Waals surface area contributed by atoms with E-state index in [4.69, 9.17) is 4.74 Å². The van der Waals surface area contributed by atoms with Crippen molar-refractivity contribution in [3.8, 4) is 0 Å². The molecule has 0 radical (unpaired) electrons. The molecule has 160 valence electrons. The maximum absolute atomic E-state index is 13.3. The van der Waals surface area contributed by atoms with Crippen molar-refractivity contribution in [3.05, 3.63) is 35.6 Å². The van der Waals surface area contributed by atoms with Gasteiger partial charge in [-0.25, -0.2) is 4.39 Å². The number of aliphatic hydroxyl groups is 1. The average molecular weight is 406 g/mol. The van der Waals surface area contributed by atoms with Crippen LogP contribution in [0.5, 0.6) is 0 Å². The molecular formula is C22H32FN3O3. The van der Waals surface area contributed by atoms with Crippen LogP contribution in [0.3, 0.4) is 0 Å². The van der Waals surface area contributed by atoms with E-state index in [0.29, 0.717) is 31.6 Å². The first-order valence-corrected chi connectivity index (χ1v) is 10.9. The fraction of sp³-hybridized carbons (Fsp3) is 0.682. The van der Waals surface area contributed by atoms with Crippen LogP contribution in [-0.4, -0.2) is 77.9 Å². The molecule has 2 atom stereocenters. The van der Waals surface area contributed by atoms with Crippen LogP contribution in [0.25, 0.3) is 0 Å². The number of β-amino-alcohol motifs (C(OH)–C–C–N with tert-alkyl or cyclic N) is 1. The molecule has 3 fully saturated rings. The number of carbonyl (C=O) groups excluding carboxylic acids is 1. The van der Waals surface area contributed by atoms with E-state index in [-0.39, 0.29) is 17.8 Å². The summed E-state index contributed by atoms with van der Waals surface area (Å²) in [5.41, 5.74) is 0.744. The number of hydrogen-bond donors (Lipinski definition) is 2. The van der Waals surface area contributed by atoms with Crippen molar-refractivity contribution < 1.29 is 19.0 Å². The summed E-state index contributed by atoms with van der Waals surface area (Å²) < 4.78 is 18.8. The highest BCUT2D eigenvalue weighted by molar-refractivity contribution is 5.82. The molecule has 3 heterocycles. The van der Waals surface area contributed by atoms with Gasteiger partial charge < -0.3 is 20.1 Å². The second-order valence-electron chi connectivity index (χ2n) is 8.56. The van der Waals surface area contributed by atoms with Gasteiger partial charge in [-0.1, -0.05) is 12.1 Å². The minimum Gasteiger partial charge on any atom is -0.392 e. The molecule has 6 nitrogen and oxygen atoms in total. The van der Waals surface area contributed by atoms with E-state index in [2.05, 4.69) is 15.1 Å². The smallest absolute Gasteiger partial charge is 0.237 e. The topological polar surface area (TPSA) is 65.0 Å². The van der Waals surface area contributed by atoms with Crippen molar-refractivity contribution in [1.29, 1.82) is 0 Å². The van der Waals surface area contributed by atoms with Crippen LogP contribution in [0.1, 0.15) is 37.7 Å². The Kier molecular flexibility index (Phi) is 6.80. The van der Waals surface area contributed by atoms with Gasteiger partial charge >= 0.3 is 0 Å². The molecule has 3 aliphatic heterocycles. The summed E-state index contributed by atoms with van der Waals surface area (Å²) in [5, 5.41) is 13.2. The van der Waals surface area contributed by atoms with E-state index >= 15 is 0 Å². The molecule has 0 bridgehead atoms. The Hall–Kier alpha value is -1.54. The number of amides is 1. The first-order chi connectivity index (χ1) is 14.1. The molecule has 3 saturated heterocycles. The lowest BCUT2D eigenvalue weighted by atomic mass is 9.98. The fourth-order valence-electron chi connectivity index (χ4n) is 5.09. The van der Waals surface area contributed by atoms with Crippen molar-refractivity contribution in [1.82, 2.24) is 15.1 Å². The summed E-state index contributed by atoms with van der Waals surface area (Å²) in [6.07, 6.45) is 4.27. The third-order valence-corrected chi connectivity index (χ3v) is 6.65. The Bertz CT molecular complexity index is 690. The normalized spacial score (nSPS) is 27.9. The van der Waals surface area contributed by atoms with E-state index in [1.807, 2.05) is 0 Å². The molecular weight excluding hydrogens is 373 g/mol. The number of rotatable bonds is 5. The highest BCUT2D eigenvalue weighted by Crippen LogP contribution is 2.28. The van der Waals surface area contributed by atoms with Crippen LogP contribution in [0.2, 0.25) is 0 Å². The number of nitrogens with one attached hydrogen (secondary N) is 1. The molecule has 3 aliphatic rings. The average Bonchev–Trinajstić information content (AvgIpc) is 3.15. The molecule has 2 N–H and O–H groups in total. The van der Waals surface area contributed by atoms with Gasteiger partial charge in [-0.15, -0.1) is 0 Å². The van der Waals surface area contributed by atoms with Crippen LogP contribution >= 0.6 is 0 Å². The molecule has 0 saturated carbocycles. The van der Waals surface area contributed by atoms with Crippen molar-refractivity contribution >= 4 is 5.91 Å². The molecule has 1 amide bonds. The van der Waals surface area contributed by atoms with Gasteiger partial charge in [0.15, 0.2) is 0 Å². The highest BCUT2D eigenvalue weighted by atomic mass is 19.1. The number of halogens is 1. The van der Waals surface area contributed by atoms with Crippen molar-refractivity contribution in [2.45, 2.75) is 62.9 Å². The van der Waals surface area contributed by atoms with E-state index in [9.17, 15) is 14.3 Å². The van der Waals surface area contributed by atoms with Gasteiger partial charge in [0.25, 0.3) is 0 Å². The largest absolute Gasteiger partial charge is 0.392 e. The van der Waals surface area contributed by atoms with Crippen LogP contribution in [-0.2, 0) is 16.1 Å². The number of carbonyl (C=O) groups is 1. The molecule has 0 aromatic heterocycles. The van der Waals surface area contributed by atoms with Gasteiger partial charge in [-0.2, -0.15) is 0 Å². The number of benzene rings is 1. The van der Waals surface area contributed by atoms with Crippen molar-refractivity contribution in [2.24, 2.45) is 0 Å². The third kappa shape index (κ3) is 5.15. The molecule has 1 aromatic rings. The number of likely N-dealkylation sites (tertiary alicyclic amines) is 2. The Morgan fingerprint density at radius 1 is 1.17 bits per heavy atom. The first-order valence-electron chi connectivity index (χ1n) is 10.9. The number of piperidine rings is 1. The van der Waals surface area contributed by atoms with Crippen LogP contribution < -0.4 is 5.32 Å². The molecule has 29 heavy (non-hydrogen) atoms. The summed E-state index contributed by atoms with van der Waals surface area (Å²) >= 11 is 0. The second-order valence-corrected chi connectivity index (χ2v) is 8.56. The number of hydrogen-bond acceptors (Lipinski definition) is 5. The zero-order chi connectivity index (χ0) is 20.2. The van der Waals surface area contributed by atoms with Crippen molar-refractivity contribution in [2.75, 3.05) is 32.8 Å². The summed E-state index contributed by atoms with van der Waals surface area (Å²) in [6.45, 7) is 4.66. The van der Waals surface area contributed by atoms with E-state index in [0.717, 1.165) is 57.6 Å². The Morgan fingerprint density at radius 2 is 1.93 bits per heavy atom. The van der Waals surface area contributed by atoms with Crippen LogP contribution in [0.4, 0.5) is 4.39 Å². The summed E-state index contributed by atoms with van der Waals surface area (Å²) in [5.74, 6) is -0.372. The lowest BCUT2D eigenvalue weighted by Crippen LogP contribution is -2.53. The highest BCUT2D eigenvalue weighted by Gasteiger charge is 2.41. The van der Waals surface area contributed by atoms with Crippen LogP contribution in [0, 0.1) is 5.82 Å². The maximum Gasteiger partial charge on any atom is 0.237 e. The minimum absolute atomic E-state index is 0.0716. The zero-order valence-electron chi connectivity index (χ0n) is 16.9. The standard InChI is InChI=1S/C22H32FN3O3/c23-17-3-1-2-16(12-17)14-24-22(28)21-13-20(27)15-26(21)19-4-8-25(9-5-19)18-6-10-29-11-7-18/h1-3,12,18-21,27H,4-11,13-15H2,(H,24,28)/t20-,21+/m1/s1. The van der Waals surface area contributed by atoms with Gasteiger partial charge in [0.05, 0.1) is 12.1 Å². The SMILES string of the molecule is O=C(NCc1cccc(F)c1)[C@@H]1C[C@@H](O)CN1C1CCN(C2CCOCC2)CC1. The zero-order valence-corrected chi connectivity index (χ0v) is 16.9. The predicted molar refractivity (Wildman–Crippen MR) is 108 cm³/mol.